The van der Waals surface area contributed by atoms with Crippen molar-refractivity contribution >= 4 is 29.1 Å². The summed E-state index contributed by atoms with van der Waals surface area (Å²) in [6.45, 7) is 1.27. The molecule has 0 saturated carbocycles. The highest BCUT2D eigenvalue weighted by Gasteiger charge is 2.31. The van der Waals surface area contributed by atoms with Gasteiger partial charge in [0.1, 0.15) is 6.04 Å². The summed E-state index contributed by atoms with van der Waals surface area (Å²) >= 11 is 12.3. The van der Waals surface area contributed by atoms with E-state index in [-0.39, 0.29) is 16.6 Å². The molecule has 1 amide bonds. The zero-order valence-corrected chi connectivity index (χ0v) is 24.2. The first-order chi connectivity index (χ1) is 20.5. The molecule has 1 unspecified atom stereocenters. The lowest BCUT2D eigenvalue weighted by Gasteiger charge is -2.35. The van der Waals surface area contributed by atoms with Gasteiger partial charge in [0.25, 0.3) is 5.56 Å². The third-order valence-electron chi connectivity index (χ3n) is 7.75. The van der Waals surface area contributed by atoms with Gasteiger partial charge in [-0.05, 0) is 48.1 Å². The normalized spacial score (nSPS) is 14.6. The van der Waals surface area contributed by atoms with Crippen LogP contribution in [0.4, 0.5) is 0 Å². The predicted molar refractivity (Wildman–Crippen MR) is 163 cm³/mol. The second kappa shape index (κ2) is 12.3. The fraction of sp³-hybridized carbons (Fsp3) is 0.219. The van der Waals surface area contributed by atoms with E-state index in [0.29, 0.717) is 47.4 Å². The molecule has 1 atom stereocenters. The summed E-state index contributed by atoms with van der Waals surface area (Å²) in [5, 5.41) is 8.60. The predicted octanol–water partition coefficient (Wildman–Crippen LogP) is 5.99. The summed E-state index contributed by atoms with van der Waals surface area (Å²) in [7, 11) is 0. The highest BCUT2D eigenvalue weighted by Crippen LogP contribution is 2.30. The Morgan fingerprint density at radius 3 is 2.31 bits per heavy atom. The van der Waals surface area contributed by atoms with E-state index in [1.165, 1.54) is 27.2 Å². The van der Waals surface area contributed by atoms with Crippen molar-refractivity contribution in [3.8, 4) is 16.9 Å². The third-order valence-corrected chi connectivity index (χ3v) is 8.16. The summed E-state index contributed by atoms with van der Waals surface area (Å²) in [5.74, 6) is 0.334. The largest absolute Gasteiger partial charge is 0.341 e. The number of halogens is 2. The molecule has 5 aromatic rings. The van der Waals surface area contributed by atoms with E-state index < -0.39 is 6.04 Å². The van der Waals surface area contributed by atoms with Crippen molar-refractivity contribution in [1.29, 1.82) is 0 Å². The van der Waals surface area contributed by atoms with Crippen molar-refractivity contribution in [3.63, 3.8) is 0 Å². The molecule has 3 aromatic carbocycles. The van der Waals surface area contributed by atoms with E-state index in [1.54, 1.807) is 24.4 Å². The van der Waals surface area contributed by atoms with Gasteiger partial charge in [0.2, 0.25) is 5.91 Å². The van der Waals surface area contributed by atoms with Crippen LogP contribution in [0.15, 0.2) is 102 Å². The van der Waals surface area contributed by atoms with Crippen LogP contribution in [0.3, 0.4) is 0 Å². The number of hydrogen-bond donors (Lipinski definition) is 0. The molecule has 42 heavy (non-hydrogen) atoms. The first kappa shape index (κ1) is 27.9. The molecule has 0 radical (unpaired) electrons. The Hall–Kier alpha value is -4.27. The Kier molecular flexibility index (Phi) is 8.17. The standard InChI is InChI=1S/C32H28Cl2N6O2/c33-25-11-12-28(40-20-30(34)36-37-40)26(18-25)27-19-31(41)39(21-35-27)29(17-22-7-3-1-4-8-22)32(42)38-15-13-24(14-16-38)23-9-5-2-6-10-23/h1-12,18-21,24,29H,13-17H2. The molecule has 1 aliphatic rings. The number of aromatic nitrogens is 5. The average Bonchev–Trinajstić information content (AvgIpc) is 3.46. The molecular weight excluding hydrogens is 571 g/mol. The highest BCUT2D eigenvalue weighted by atomic mass is 35.5. The SMILES string of the molecule is O=C(C(Cc1ccccc1)n1cnc(-c2cc(Cl)ccc2-n2cc(Cl)nn2)cc1=O)N1CCC(c2ccccc2)CC1. The van der Waals surface area contributed by atoms with E-state index in [1.807, 2.05) is 41.3 Å². The summed E-state index contributed by atoms with van der Waals surface area (Å²) in [5.41, 5.74) is 3.52. The lowest BCUT2D eigenvalue weighted by atomic mass is 9.89. The van der Waals surface area contributed by atoms with Gasteiger partial charge in [0.15, 0.2) is 5.15 Å². The third kappa shape index (κ3) is 6.00. The topological polar surface area (TPSA) is 85.9 Å². The number of carbonyl (C=O) groups excluding carboxylic acids is 1. The van der Waals surface area contributed by atoms with Crippen molar-refractivity contribution in [2.45, 2.75) is 31.2 Å². The minimum Gasteiger partial charge on any atom is -0.341 e. The van der Waals surface area contributed by atoms with E-state index in [0.717, 1.165) is 18.4 Å². The van der Waals surface area contributed by atoms with Gasteiger partial charge in [-0.3, -0.25) is 14.2 Å². The van der Waals surface area contributed by atoms with E-state index in [4.69, 9.17) is 23.2 Å². The number of hydrogen-bond acceptors (Lipinski definition) is 5. The Balaban J connectivity index is 1.31. The molecule has 0 spiro atoms. The second-order valence-electron chi connectivity index (χ2n) is 10.4. The van der Waals surface area contributed by atoms with Crippen LogP contribution in [-0.2, 0) is 11.2 Å². The van der Waals surface area contributed by atoms with Crippen LogP contribution in [0.25, 0.3) is 16.9 Å². The zero-order valence-electron chi connectivity index (χ0n) is 22.7. The minimum absolute atomic E-state index is 0.0808. The number of rotatable bonds is 7. The van der Waals surface area contributed by atoms with Gasteiger partial charge in [-0.1, -0.05) is 89.1 Å². The first-order valence-electron chi connectivity index (χ1n) is 13.8. The Morgan fingerprint density at radius 2 is 1.64 bits per heavy atom. The molecule has 2 aromatic heterocycles. The van der Waals surface area contributed by atoms with Gasteiger partial charge in [-0.2, -0.15) is 0 Å². The van der Waals surface area contributed by atoms with Crippen molar-refractivity contribution in [3.05, 3.63) is 129 Å². The van der Waals surface area contributed by atoms with Crippen molar-refractivity contribution in [2.75, 3.05) is 13.1 Å². The molecule has 10 heteroatoms. The number of nitrogens with zero attached hydrogens (tertiary/aromatic N) is 6. The lowest BCUT2D eigenvalue weighted by molar-refractivity contribution is -0.136. The molecule has 0 N–H and O–H groups in total. The van der Waals surface area contributed by atoms with E-state index >= 15 is 0 Å². The minimum atomic E-state index is -0.734. The Morgan fingerprint density at radius 1 is 0.929 bits per heavy atom. The van der Waals surface area contributed by atoms with Crippen molar-refractivity contribution in [1.82, 2.24) is 29.4 Å². The van der Waals surface area contributed by atoms with Gasteiger partial charge in [0, 0.05) is 36.2 Å². The molecule has 3 heterocycles. The number of carbonyl (C=O) groups is 1. The summed E-state index contributed by atoms with van der Waals surface area (Å²) < 4.78 is 2.95. The van der Waals surface area contributed by atoms with Crippen LogP contribution in [0.2, 0.25) is 10.2 Å². The van der Waals surface area contributed by atoms with Crippen LogP contribution in [0.1, 0.15) is 35.9 Å². The van der Waals surface area contributed by atoms with Crippen LogP contribution in [0, 0.1) is 0 Å². The highest BCUT2D eigenvalue weighted by molar-refractivity contribution is 6.31. The molecule has 8 nitrogen and oxygen atoms in total. The maximum atomic E-state index is 14.0. The zero-order chi connectivity index (χ0) is 29.1. The average molecular weight is 600 g/mol. The van der Waals surface area contributed by atoms with Crippen LogP contribution < -0.4 is 5.56 Å². The molecule has 0 bridgehead atoms. The van der Waals surface area contributed by atoms with Gasteiger partial charge < -0.3 is 4.90 Å². The van der Waals surface area contributed by atoms with Crippen LogP contribution in [0.5, 0.6) is 0 Å². The number of benzene rings is 3. The van der Waals surface area contributed by atoms with Crippen molar-refractivity contribution < 1.29 is 4.79 Å². The van der Waals surface area contributed by atoms with Crippen LogP contribution >= 0.6 is 23.2 Å². The van der Waals surface area contributed by atoms with Gasteiger partial charge >= 0.3 is 0 Å². The number of amides is 1. The van der Waals surface area contributed by atoms with Gasteiger partial charge in [0.05, 0.1) is 23.9 Å². The molecule has 1 saturated heterocycles. The maximum Gasteiger partial charge on any atom is 0.254 e. The summed E-state index contributed by atoms with van der Waals surface area (Å²) in [6, 6.07) is 26.0. The van der Waals surface area contributed by atoms with E-state index in [9.17, 15) is 9.59 Å². The molecular formula is C32H28Cl2N6O2. The number of piperidine rings is 1. The smallest absolute Gasteiger partial charge is 0.254 e. The molecule has 1 fully saturated rings. The van der Waals surface area contributed by atoms with Crippen LogP contribution in [-0.4, -0.2) is 48.4 Å². The Labute approximate surface area is 253 Å². The summed E-state index contributed by atoms with van der Waals surface area (Å²) in [6.07, 6.45) is 5.15. The maximum absolute atomic E-state index is 14.0. The first-order valence-corrected chi connectivity index (χ1v) is 14.6. The molecule has 212 valence electrons. The monoisotopic (exact) mass is 598 g/mol. The van der Waals surface area contributed by atoms with Gasteiger partial charge in [-0.25, -0.2) is 9.67 Å². The lowest BCUT2D eigenvalue weighted by Crippen LogP contribution is -2.44. The second-order valence-corrected chi connectivity index (χ2v) is 11.2. The summed E-state index contributed by atoms with van der Waals surface area (Å²) in [4.78, 5) is 34.2. The molecule has 0 aliphatic carbocycles. The molecule has 1 aliphatic heterocycles. The van der Waals surface area contributed by atoms with Gasteiger partial charge in [-0.15, -0.1) is 5.10 Å². The quantitative estimate of drug-likeness (QED) is 0.230. The Bertz CT molecular complexity index is 1750. The molecule has 6 rings (SSSR count). The fourth-order valence-electron chi connectivity index (χ4n) is 5.58. The fourth-order valence-corrected chi connectivity index (χ4v) is 5.88. The number of likely N-dealkylation sites (tertiary alicyclic amines) is 1. The van der Waals surface area contributed by atoms with Crippen molar-refractivity contribution in [2.24, 2.45) is 0 Å². The van der Waals surface area contributed by atoms with E-state index in [2.05, 4.69) is 39.6 Å².